The van der Waals surface area contributed by atoms with Crippen LogP contribution in [0.3, 0.4) is 0 Å². The highest BCUT2D eigenvalue weighted by Crippen LogP contribution is 2.32. The summed E-state index contributed by atoms with van der Waals surface area (Å²) in [7, 11) is 1.42. The Labute approximate surface area is 211 Å². The van der Waals surface area contributed by atoms with Gasteiger partial charge >= 0.3 is 5.97 Å². The summed E-state index contributed by atoms with van der Waals surface area (Å²) in [4.78, 5) is 12.1. The number of carbonyl (C=O) groups excluding carboxylic acids is 1. The van der Waals surface area contributed by atoms with Crippen molar-refractivity contribution in [3.8, 4) is 22.5 Å². The van der Waals surface area contributed by atoms with E-state index in [2.05, 4.69) is 59.8 Å². The Morgan fingerprint density at radius 2 is 1.51 bits per heavy atom. The van der Waals surface area contributed by atoms with Crippen LogP contribution in [0.2, 0.25) is 0 Å². The molecule has 0 aliphatic rings. The molecule has 0 saturated carbocycles. The average molecular weight is 486 g/mol. The van der Waals surface area contributed by atoms with Crippen LogP contribution < -0.4 is 0 Å². The molecular formula is C30H31NO3S. The minimum absolute atomic E-state index is 0.244. The summed E-state index contributed by atoms with van der Waals surface area (Å²) in [5.74, 6) is 2.52. The Balaban J connectivity index is 1.44. The molecule has 180 valence electrons. The van der Waals surface area contributed by atoms with Crippen LogP contribution >= 0.6 is 11.8 Å². The third kappa shape index (κ3) is 5.68. The second kappa shape index (κ2) is 11.0. The van der Waals surface area contributed by atoms with E-state index in [0.717, 1.165) is 57.2 Å². The number of aryl methyl sites for hydroxylation is 2. The monoisotopic (exact) mass is 485 g/mol. The number of carbonyl (C=O) groups is 1. The summed E-state index contributed by atoms with van der Waals surface area (Å²) in [5, 5.41) is 4.24. The molecule has 1 aromatic heterocycles. The maximum atomic E-state index is 12.1. The molecule has 0 N–H and O–H groups in total. The molecule has 5 heteroatoms. The lowest BCUT2D eigenvalue weighted by Crippen LogP contribution is -2.30. The van der Waals surface area contributed by atoms with E-state index >= 15 is 0 Å². The fourth-order valence-corrected chi connectivity index (χ4v) is 5.13. The third-order valence-electron chi connectivity index (χ3n) is 6.39. The average Bonchev–Trinajstić information content (AvgIpc) is 3.26. The number of aromatic nitrogens is 1. The van der Waals surface area contributed by atoms with Gasteiger partial charge in [0.2, 0.25) is 0 Å². The molecule has 0 atom stereocenters. The fraction of sp³-hybridized carbons (Fsp3) is 0.267. The zero-order chi connectivity index (χ0) is 24.8. The van der Waals surface area contributed by atoms with Crippen LogP contribution in [0.4, 0.5) is 0 Å². The fourth-order valence-electron chi connectivity index (χ4n) is 4.06. The third-order valence-corrected chi connectivity index (χ3v) is 7.38. The van der Waals surface area contributed by atoms with Gasteiger partial charge in [0, 0.05) is 16.9 Å². The smallest absolute Gasteiger partial charge is 0.315 e. The molecular weight excluding hydrogens is 454 g/mol. The van der Waals surface area contributed by atoms with Gasteiger partial charge < -0.3 is 9.26 Å². The Morgan fingerprint density at radius 1 is 0.914 bits per heavy atom. The molecule has 0 unspecified atom stereocenters. The lowest BCUT2D eigenvalue weighted by molar-refractivity contribution is -0.146. The van der Waals surface area contributed by atoms with Gasteiger partial charge in [0.15, 0.2) is 5.76 Å². The van der Waals surface area contributed by atoms with Crippen LogP contribution in [-0.4, -0.2) is 24.0 Å². The summed E-state index contributed by atoms with van der Waals surface area (Å²) in [6.45, 7) is 5.75. The van der Waals surface area contributed by atoms with E-state index < -0.39 is 5.41 Å². The number of thioether (sulfide) groups is 1. The van der Waals surface area contributed by atoms with Crippen molar-refractivity contribution in [2.24, 2.45) is 0 Å². The Morgan fingerprint density at radius 3 is 2.14 bits per heavy atom. The van der Waals surface area contributed by atoms with Gasteiger partial charge in [0.05, 0.1) is 18.2 Å². The molecule has 4 rings (SSSR count). The molecule has 4 nitrogen and oxygen atoms in total. The van der Waals surface area contributed by atoms with Crippen LogP contribution in [0.15, 0.2) is 83.4 Å². The highest BCUT2D eigenvalue weighted by Gasteiger charge is 2.30. The van der Waals surface area contributed by atoms with Crippen molar-refractivity contribution in [2.45, 2.75) is 38.4 Å². The molecule has 4 aromatic rings. The quantitative estimate of drug-likeness (QED) is 0.185. The lowest BCUT2D eigenvalue weighted by atomic mass is 9.84. The molecule has 0 spiro atoms. The number of rotatable bonds is 9. The first-order valence-corrected chi connectivity index (χ1v) is 12.9. The van der Waals surface area contributed by atoms with E-state index in [-0.39, 0.29) is 5.97 Å². The second-order valence-corrected chi connectivity index (χ2v) is 10.2. The van der Waals surface area contributed by atoms with Crippen LogP contribution in [-0.2, 0) is 27.1 Å². The van der Waals surface area contributed by atoms with E-state index in [0.29, 0.717) is 0 Å². The topological polar surface area (TPSA) is 52.3 Å². The largest absolute Gasteiger partial charge is 0.468 e. The highest BCUT2D eigenvalue weighted by atomic mass is 32.2. The van der Waals surface area contributed by atoms with Crippen molar-refractivity contribution in [1.29, 1.82) is 0 Å². The first kappa shape index (κ1) is 24.8. The predicted molar refractivity (Wildman–Crippen MR) is 143 cm³/mol. The Bertz CT molecular complexity index is 1260. The van der Waals surface area contributed by atoms with E-state index in [9.17, 15) is 4.79 Å². The number of esters is 1. The van der Waals surface area contributed by atoms with Crippen molar-refractivity contribution in [3.63, 3.8) is 0 Å². The molecule has 0 aliphatic heterocycles. The summed E-state index contributed by atoms with van der Waals surface area (Å²) in [5.41, 5.74) is 6.92. The number of hydrogen-bond acceptors (Lipinski definition) is 5. The van der Waals surface area contributed by atoms with Crippen molar-refractivity contribution in [2.75, 3.05) is 12.9 Å². The first-order valence-electron chi connectivity index (χ1n) is 11.8. The first-order chi connectivity index (χ1) is 16.9. The van der Waals surface area contributed by atoms with Gasteiger partial charge in [-0.2, -0.15) is 11.8 Å². The van der Waals surface area contributed by atoms with Gasteiger partial charge in [0.1, 0.15) is 0 Å². The van der Waals surface area contributed by atoms with E-state index in [1.165, 1.54) is 12.7 Å². The number of hydrogen-bond donors (Lipinski definition) is 0. The normalized spacial score (nSPS) is 11.4. The molecule has 0 amide bonds. The number of ether oxygens (including phenoxy) is 1. The molecule has 35 heavy (non-hydrogen) atoms. The highest BCUT2D eigenvalue weighted by molar-refractivity contribution is 7.98. The number of benzene rings is 3. The summed E-state index contributed by atoms with van der Waals surface area (Å²) >= 11 is 1.90. The van der Waals surface area contributed by atoms with Crippen molar-refractivity contribution < 1.29 is 14.1 Å². The van der Waals surface area contributed by atoms with Gasteiger partial charge in [-0.15, -0.1) is 0 Å². The standard InChI is InChI=1S/C30H31NO3S/c1-21-27(20-35-19-18-22-8-6-5-7-9-22)28(34-31-21)25-12-10-23(11-13-25)24-14-16-26(17-15-24)30(2,3)29(32)33-4/h5-17H,18-20H2,1-4H3. The van der Waals surface area contributed by atoms with Crippen LogP contribution in [0.1, 0.15) is 36.2 Å². The van der Waals surface area contributed by atoms with Crippen molar-refractivity contribution in [3.05, 3.63) is 101 Å². The van der Waals surface area contributed by atoms with Crippen molar-refractivity contribution in [1.82, 2.24) is 5.16 Å². The van der Waals surface area contributed by atoms with E-state index in [1.807, 2.05) is 56.8 Å². The molecule has 1 heterocycles. The molecule has 0 bridgehead atoms. The van der Waals surface area contributed by atoms with Gasteiger partial charge in [-0.1, -0.05) is 84.0 Å². The number of nitrogens with zero attached hydrogens (tertiary/aromatic N) is 1. The van der Waals surface area contributed by atoms with E-state index in [1.54, 1.807) is 0 Å². The van der Waals surface area contributed by atoms with Gasteiger partial charge in [-0.05, 0) is 55.2 Å². The number of methoxy groups -OCH3 is 1. The SMILES string of the molecule is COC(=O)C(C)(C)c1ccc(-c2ccc(-c3onc(C)c3CSCCc3ccccc3)cc2)cc1. The summed E-state index contributed by atoms with van der Waals surface area (Å²) in [6.07, 6.45) is 1.05. The zero-order valence-electron chi connectivity index (χ0n) is 20.7. The molecule has 0 aliphatic carbocycles. The maximum Gasteiger partial charge on any atom is 0.315 e. The minimum atomic E-state index is -0.684. The van der Waals surface area contributed by atoms with Crippen molar-refractivity contribution >= 4 is 17.7 Å². The molecule has 0 saturated heterocycles. The Kier molecular flexibility index (Phi) is 7.76. The van der Waals surface area contributed by atoms with Gasteiger partial charge in [-0.3, -0.25) is 4.79 Å². The predicted octanol–water partition coefficient (Wildman–Crippen LogP) is 7.24. The van der Waals surface area contributed by atoms with Crippen LogP contribution in [0, 0.1) is 6.92 Å². The molecule has 3 aromatic carbocycles. The Hall–Kier alpha value is -3.31. The zero-order valence-corrected chi connectivity index (χ0v) is 21.5. The lowest BCUT2D eigenvalue weighted by Gasteiger charge is -2.22. The molecule has 0 fully saturated rings. The maximum absolute atomic E-state index is 12.1. The van der Waals surface area contributed by atoms with E-state index in [4.69, 9.17) is 9.26 Å². The summed E-state index contributed by atoms with van der Waals surface area (Å²) in [6, 6.07) is 27.0. The van der Waals surface area contributed by atoms with Gasteiger partial charge in [-0.25, -0.2) is 0 Å². The van der Waals surface area contributed by atoms with Gasteiger partial charge in [0.25, 0.3) is 0 Å². The van der Waals surface area contributed by atoms with Crippen LogP contribution in [0.5, 0.6) is 0 Å². The summed E-state index contributed by atoms with van der Waals surface area (Å²) < 4.78 is 10.7. The van der Waals surface area contributed by atoms with Crippen LogP contribution in [0.25, 0.3) is 22.5 Å². The second-order valence-electron chi connectivity index (χ2n) is 9.14. The molecule has 0 radical (unpaired) electrons. The minimum Gasteiger partial charge on any atom is -0.468 e.